The van der Waals surface area contributed by atoms with Gasteiger partial charge >= 0.3 is 5.97 Å². The number of rotatable bonds is 4. The van der Waals surface area contributed by atoms with E-state index < -0.39 is 5.41 Å². The molecule has 0 amide bonds. The van der Waals surface area contributed by atoms with Crippen LogP contribution in [-0.2, 0) is 16.1 Å². The first-order valence-electron chi connectivity index (χ1n) is 4.83. The smallest absolute Gasteiger partial charge is 0.312 e. The Balaban J connectivity index is 2.48. The first-order valence-corrected chi connectivity index (χ1v) is 5.95. The molecule has 2 nitrogen and oxygen atoms in total. The fraction of sp³-hybridized carbons (Fsp3) is 0.417. The van der Waals surface area contributed by atoms with Crippen molar-refractivity contribution in [2.24, 2.45) is 5.41 Å². The lowest BCUT2D eigenvalue weighted by Crippen LogP contribution is -2.27. The molecule has 0 aromatic heterocycles. The molecule has 1 aromatic carbocycles. The van der Waals surface area contributed by atoms with Gasteiger partial charge in [0.25, 0.3) is 0 Å². The molecule has 15 heavy (non-hydrogen) atoms. The Labute approximate surface area is 98.8 Å². The largest absolute Gasteiger partial charge is 0.460 e. The van der Waals surface area contributed by atoms with E-state index in [4.69, 9.17) is 4.74 Å². The molecule has 0 fully saturated rings. The Hall–Kier alpha value is -0.830. The summed E-state index contributed by atoms with van der Waals surface area (Å²) in [7, 11) is 0. The number of carbonyl (C=O) groups excluding carboxylic acids is 1. The van der Waals surface area contributed by atoms with Gasteiger partial charge in [-0.05, 0) is 19.4 Å². The van der Waals surface area contributed by atoms with Crippen molar-refractivity contribution in [2.45, 2.75) is 20.5 Å². The van der Waals surface area contributed by atoms with Gasteiger partial charge in [-0.25, -0.2) is 0 Å². The maximum Gasteiger partial charge on any atom is 0.312 e. The summed E-state index contributed by atoms with van der Waals surface area (Å²) in [4.78, 5) is 11.6. The van der Waals surface area contributed by atoms with Gasteiger partial charge in [-0.1, -0.05) is 46.3 Å². The Morgan fingerprint density at radius 3 is 2.47 bits per heavy atom. The lowest BCUT2D eigenvalue weighted by molar-refractivity contribution is -0.153. The third kappa shape index (κ3) is 3.67. The molecule has 0 aliphatic rings. The molecule has 3 heteroatoms. The zero-order valence-electron chi connectivity index (χ0n) is 9.00. The van der Waals surface area contributed by atoms with Gasteiger partial charge in [-0.2, -0.15) is 0 Å². The van der Waals surface area contributed by atoms with Crippen molar-refractivity contribution in [3.8, 4) is 0 Å². The highest BCUT2D eigenvalue weighted by Gasteiger charge is 2.27. The first kappa shape index (κ1) is 12.2. The van der Waals surface area contributed by atoms with Gasteiger partial charge in [0.2, 0.25) is 0 Å². The van der Waals surface area contributed by atoms with Gasteiger partial charge in [0, 0.05) is 5.33 Å². The summed E-state index contributed by atoms with van der Waals surface area (Å²) in [6.45, 7) is 4.06. The lowest BCUT2D eigenvalue weighted by Gasteiger charge is -2.19. The molecule has 0 N–H and O–H groups in total. The molecule has 1 aromatic rings. The van der Waals surface area contributed by atoms with Gasteiger partial charge in [-0.3, -0.25) is 4.79 Å². The second kappa shape index (κ2) is 5.31. The van der Waals surface area contributed by atoms with Crippen molar-refractivity contribution in [3.63, 3.8) is 0 Å². The number of halogens is 1. The average molecular weight is 271 g/mol. The molecule has 82 valence electrons. The number of carbonyl (C=O) groups is 1. The second-order valence-electron chi connectivity index (χ2n) is 4.08. The van der Waals surface area contributed by atoms with Crippen LogP contribution in [0.5, 0.6) is 0 Å². The lowest BCUT2D eigenvalue weighted by atomic mass is 9.97. The molecule has 0 aliphatic carbocycles. The molecule has 0 saturated carbocycles. The minimum Gasteiger partial charge on any atom is -0.460 e. The molecule has 1 rings (SSSR count). The summed E-state index contributed by atoms with van der Waals surface area (Å²) in [6, 6.07) is 9.67. The summed E-state index contributed by atoms with van der Waals surface area (Å²) < 4.78 is 5.21. The summed E-state index contributed by atoms with van der Waals surface area (Å²) in [6.07, 6.45) is 0. The van der Waals surface area contributed by atoms with E-state index in [1.165, 1.54) is 0 Å². The second-order valence-corrected chi connectivity index (χ2v) is 4.64. The number of ether oxygens (including phenoxy) is 1. The molecule has 0 unspecified atom stereocenters. The molecule has 0 heterocycles. The Bertz CT molecular complexity index is 320. The van der Waals surface area contributed by atoms with Crippen LogP contribution in [-0.4, -0.2) is 11.3 Å². The maximum absolute atomic E-state index is 11.6. The minimum atomic E-state index is -0.464. The first-order chi connectivity index (χ1) is 7.06. The van der Waals surface area contributed by atoms with E-state index in [9.17, 15) is 4.79 Å². The highest BCUT2D eigenvalue weighted by Crippen LogP contribution is 2.20. The number of alkyl halides is 1. The molecule has 0 aliphatic heterocycles. The molecular weight excluding hydrogens is 256 g/mol. The van der Waals surface area contributed by atoms with Crippen molar-refractivity contribution in [1.29, 1.82) is 0 Å². The van der Waals surface area contributed by atoms with Crippen LogP contribution < -0.4 is 0 Å². The third-order valence-electron chi connectivity index (χ3n) is 2.10. The molecular formula is C12H15BrO2. The molecule has 0 bridgehead atoms. The zero-order chi connectivity index (χ0) is 11.3. The van der Waals surface area contributed by atoms with Gasteiger partial charge in [0.1, 0.15) is 6.61 Å². The van der Waals surface area contributed by atoms with Crippen LogP contribution in [0.25, 0.3) is 0 Å². The minimum absolute atomic E-state index is 0.178. The highest BCUT2D eigenvalue weighted by molar-refractivity contribution is 9.09. The van der Waals surface area contributed by atoms with Crippen LogP contribution >= 0.6 is 15.9 Å². The predicted octanol–water partition coefficient (Wildman–Crippen LogP) is 3.15. The maximum atomic E-state index is 11.6. The fourth-order valence-corrected chi connectivity index (χ4v) is 1.20. The number of esters is 1. The fourth-order valence-electron chi connectivity index (χ4n) is 0.973. The van der Waals surface area contributed by atoms with Crippen molar-refractivity contribution in [2.75, 3.05) is 5.33 Å². The van der Waals surface area contributed by atoms with Crippen LogP contribution in [0.4, 0.5) is 0 Å². The number of hydrogen-bond donors (Lipinski definition) is 0. The van der Waals surface area contributed by atoms with E-state index in [1.54, 1.807) is 0 Å². The Morgan fingerprint density at radius 2 is 1.93 bits per heavy atom. The van der Waals surface area contributed by atoms with E-state index in [0.717, 1.165) is 5.56 Å². The van der Waals surface area contributed by atoms with Crippen molar-refractivity contribution in [1.82, 2.24) is 0 Å². The topological polar surface area (TPSA) is 26.3 Å². The van der Waals surface area contributed by atoms with Crippen LogP contribution in [0, 0.1) is 5.41 Å². The van der Waals surface area contributed by atoms with Crippen LogP contribution in [0.3, 0.4) is 0 Å². The van der Waals surface area contributed by atoms with Crippen molar-refractivity contribution in [3.05, 3.63) is 35.9 Å². The predicted molar refractivity (Wildman–Crippen MR) is 63.8 cm³/mol. The Kier molecular flexibility index (Phi) is 4.33. The molecule has 0 radical (unpaired) electrons. The molecule has 0 saturated heterocycles. The number of benzene rings is 1. The van der Waals surface area contributed by atoms with Crippen LogP contribution in [0.1, 0.15) is 19.4 Å². The quantitative estimate of drug-likeness (QED) is 0.621. The summed E-state index contributed by atoms with van der Waals surface area (Å²) in [5, 5.41) is 0.605. The monoisotopic (exact) mass is 270 g/mol. The summed E-state index contributed by atoms with van der Waals surface area (Å²) in [5.74, 6) is -0.178. The Morgan fingerprint density at radius 1 is 1.33 bits per heavy atom. The van der Waals surface area contributed by atoms with Crippen molar-refractivity contribution >= 4 is 21.9 Å². The van der Waals surface area contributed by atoms with E-state index in [1.807, 2.05) is 44.2 Å². The van der Waals surface area contributed by atoms with Crippen LogP contribution in [0.15, 0.2) is 30.3 Å². The van der Waals surface area contributed by atoms with E-state index in [2.05, 4.69) is 15.9 Å². The van der Waals surface area contributed by atoms with E-state index >= 15 is 0 Å². The SMILES string of the molecule is CC(C)(CBr)C(=O)OCc1ccccc1. The van der Waals surface area contributed by atoms with Gasteiger partial charge < -0.3 is 4.74 Å². The van der Waals surface area contributed by atoms with Gasteiger partial charge in [0.05, 0.1) is 5.41 Å². The third-order valence-corrected chi connectivity index (χ3v) is 3.50. The average Bonchev–Trinajstić information content (AvgIpc) is 2.27. The normalized spacial score (nSPS) is 11.1. The van der Waals surface area contributed by atoms with E-state index in [-0.39, 0.29) is 5.97 Å². The van der Waals surface area contributed by atoms with E-state index in [0.29, 0.717) is 11.9 Å². The van der Waals surface area contributed by atoms with Gasteiger partial charge in [0.15, 0.2) is 0 Å². The standard InChI is InChI=1S/C12H15BrO2/c1-12(2,9-13)11(14)15-8-10-6-4-3-5-7-10/h3-7H,8-9H2,1-2H3. The highest BCUT2D eigenvalue weighted by atomic mass is 79.9. The number of hydrogen-bond acceptors (Lipinski definition) is 2. The molecule has 0 spiro atoms. The summed E-state index contributed by atoms with van der Waals surface area (Å²) in [5.41, 5.74) is 0.547. The van der Waals surface area contributed by atoms with Crippen molar-refractivity contribution < 1.29 is 9.53 Å². The summed E-state index contributed by atoms with van der Waals surface area (Å²) >= 11 is 3.30. The van der Waals surface area contributed by atoms with Gasteiger partial charge in [-0.15, -0.1) is 0 Å². The molecule has 0 atom stereocenters. The zero-order valence-corrected chi connectivity index (χ0v) is 10.6. The van der Waals surface area contributed by atoms with Crippen LogP contribution in [0.2, 0.25) is 0 Å².